The number of rotatable bonds is 6. The summed E-state index contributed by atoms with van der Waals surface area (Å²) in [5.74, 6) is 0.494. The molecule has 3 aromatic carbocycles. The number of amides is 1. The number of nitrogens with one attached hydrogen (secondary N) is 1. The Kier molecular flexibility index (Phi) is 7.11. The Balaban J connectivity index is 1.55. The van der Waals surface area contributed by atoms with Gasteiger partial charge in [-0.3, -0.25) is 4.79 Å². The van der Waals surface area contributed by atoms with Crippen LogP contribution in [0.25, 0.3) is 6.08 Å². The van der Waals surface area contributed by atoms with Gasteiger partial charge in [0.25, 0.3) is 5.91 Å². The molecular formula is C24H18FIN2O3S. The minimum absolute atomic E-state index is 0.0804. The molecule has 0 saturated carbocycles. The number of nitrogens with zero attached hydrogens (tertiary/aromatic N) is 1. The van der Waals surface area contributed by atoms with Crippen LogP contribution in [0.5, 0.6) is 11.5 Å². The first-order valence-corrected chi connectivity index (χ1v) is 11.5. The Hall–Kier alpha value is -2.85. The molecular weight excluding hydrogens is 542 g/mol. The predicted octanol–water partition coefficient (Wildman–Crippen LogP) is 5.91. The first-order valence-electron chi connectivity index (χ1n) is 9.62. The SMILES string of the molecule is COc1cc(/C=C2/SC(=Nc3ccccc3)NC2=O)cc(I)c1OCc1ccccc1F. The molecule has 1 fully saturated rings. The molecule has 1 aliphatic rings. The van der Waals surface area contributed by atoms with Crippen LogP contribution in [-0.2, 0) is 11.4 Å². The van der Waals surface area contributed by atoms with Gasteiger partial charge in [-0.2, -0.15) is 0 Å². The highest BCUT2D eigenvalue weighted by Gasteiger charge is 2.24. The van der Waals surface area contributed by atoms with Crippen molar-refractivity contribution in [1.29, 1.82) is 0 Å². The van der Waals surface area contributed by atoms with E-state index in [0.717, 1.165) is 14.8 Å². The highest BCUT2D eigenvalue weighted by molar-refractivity contribution is 14.1. The van der Waals surface area contributed by atoms with E-state index >= 15 is 0 Å². The van der Waals surface area contributed by atoms with Crippen LogP contribution in [0.1, 0.15) is 11.1 Å². The summed E-state index contributed by atoms with van der Waals surface area (Å²) in [7, 11) is 1.54. The highest BCUT2D eigenvalue weighted by atomic mass is 127. The van der Waals surface area contributed by atoms with Crippen molar-refractivity contribution in [3.8, 4) is 11.5 Å². The van der Waals surface area contributed by atoms with Gasteiger partial charge >= 0.3 is 0 Å². The van der Waals surface area contributed by atoms with Crippen LogP contribution < -0.4 is 14.8 Å². The van der Waals surface area contributed by atoms with Crippen molar-refractivity contribution in [2.45, 2.75) is 6.61 Å². The standard InChI is InChI=1S/C24H18FIN2O3S/c1-30-20-12-15(11-19(26)22(20)31-14-16-7-5-6-10-18(16)25)13-21-23(29)28-24(32-21)27-17-8-3-2-4-9-17/h2-13H,14H2,1H3,(H,27,28,29)/b21-13+. The van der Waals surface area contributed by atoms with Gasteiger partial charge in [-0.05, 0) is 76.3 Å². The molecule has 0 atom stereocenters. The lowest BCUT2D eigenvalue weighted by atomic mass is 10.1. The summed E-state index contributed by atoms with van der Waals surface area (Å²) in [4.78, 5) is 17.4. The Morgan fingerprint density at radius 3 is 2.62 bits per heavy atom. The molecule has 162 valence electrons. The average molecular weight is 560 g/mol. The largest absolute Gasteiger partial charge is 0.493 e. The Labute approximate surface area is 202 Å². The van der Waals surface area contributed by atoms with Crippen molar-refractivity contribution < 1.29 is 18.7 Å². The summed E-state index contributed by atoms with van der Waals surface area (Å²) in [6.45, 7) is 0.0804. The van der Waals surface area contributed by atoms with Gasteiger partial charge in [0.05, 0.1) is 21.3 Å². The summed E-state index contributed by atoms with van der Waals surface area (Å²) in [5.41, 5.74) is 2.01. The number of carbonyl (C=O) groups is 1. The maximum atomic E-state index is 13.9. The van der Waals surface area contributed by atoms with E-state index in [0.29, 0.717) is 27.1 Å². The van der Waals surface area contributed by atoms with E-state index in [4.69, 9.17) is 9.47 Å². The molecule has 0 spiro atoms. The molecule has 32 heavy (non-hydrogen) atoms. The summed E-state index contributed by atoms with van der Waals surface area (Å²) >= 11 is 3.41. The predicted molar refractivity (Wildman–Crippen MR) is 134 cm³/mol. The third-order valence-electron chi connectivity index (χ3n) is 4.52. The lowest BCUT2D eigenvalue weighted by molar-refractivity contribution is -0.115. The van der Waals surface area contributed by atoms with Gasteiger partial charge in [0.1, 0.15) is 12.4 Å². The summed E-state index contributed by atoms with van der Waals surface area (Å²) < 4.78 is 26.0. The van der Waals surface area contributed by atoms with Crippen LogP contribution in [0.3, 0.4) is 0 Å². The fourth-order valence-electron chi connectivity index (χ4n) is 2.98. The zero-order chi connectivity index (χ0) is 22.5. The molecule has 5 nitrogen and oxygen atoms in total. The van der Waals surface area contributed by atoms with Crippen molar-refractivity contribution in [2.75, 3.05) is 7.11 Å². The van der Waals surface area contributed by atoms with E-state index in [9.17, 15) is 9.18 Å². The quantitative estimate of drug-likeness (QED) is 0.301. The summed E-state index contributed by atoms with van der Waals surface area (Å²) in [5, 5.41) is 3.31. The van der Waals surface area contributed by atoms with Crippen molar-refractivity contribution in [2.24, 2.45) is 4.99 Å². The van der Waals surface area contributed by atoms with E-state index < -0.39 is 0 Å². The molecule has 0 unspecified atom stereocenters. The van der Waals surface area contributed by atoms with Crippen LogP contribution in [0.15, 0.2) is 76.6 Å². The van der Waals surface area contributed by atoms with Crippen molar-refractivity contribution in [1.82, 2.24) is 5.32 Å². The molecule has 3 aromatic rings. The third kappa shape index (κ3) is 5.31. The van der Waals surface area contributed by atoms with Gasteiger partial charge in [-0.25, -0.2) is 9.38 Å². The van der Waals surface area contributed by atoms with E-state index in [1.165, 1.54) is 17.8 Å². The summed E-state index contributed by atoms with van der Waals surface area (Å²) in [6.07, 6.45) is 1.78. The van der Waals surface area contributed by atoms with Crippen LogP contribution in [-0.4, -0.2) is 18.2 Å². The van der Waals surface area contributed by atoms with Crippen molar-refractivity contribution >= 4 is 57.2 Å². The third-order valence-corrected chi connectivity index (χ3v) is 6.23. The van der Waals surface area contributed by atoms with Gasteiger partial charge in [0.2, 0.25) is 0 Å². The normalized spacial score (nSPS) is 15.8. The molecule has 8 heteroatoms. The van der Waals surface area contributed by atoms with Gasteiger partial charge in [-0.1, -0.05) is 36.4 Å². The fraction of sp³-hybridized carbons (Fsp3) is 0.0833. The molecule has 1 heterocycles. The Morgan fingerprint density at radius 2 is 1.88 bits per heavy atom. The van der Waals surface area contributed by atoms with E-state index in [1.807, 2.05) is 36.4 Å². The number of ether oxygens (including phenoxy) is 2. The number of aliphatic imine (C=N–C) groups is 1. The van der Waals surface area contributed by atoms with Gasteiger partial charge in [0.15, 0.2) is 16.7 Å². The second kappa shape index (κ2) is 10.2. The number of methoxy groups -OCH3 is 1. The lowest BCUT2D eigenvalue weighted by Crippen LogP contribution is -2.19. The molecule has 1 amide bonds. The topological polar surface area (TPSA) is 59.9 Å². The lowest BCUT2D eigenvalue weighted by Gasteiger charge is -2.14. The van der Waals surface area contributed by atoms with Gasteiger partial charge in [0, 0.05) is 5.56 Å². The summed E-state index contributed by atoms with van der Waals surface area (Å²) in [6, 6.07) is 19.6. The average Bonchev–Trinajstić information content (AvgIpc) is 3.12. The first-order chi connectivity index (χ1) is 15.5. The number of halogens is 2. The minimum Gasteiger partial charge on any atom is -0.493 e. The molecule has 4 rings (SSSR count). The molecule has 1 saturated heterocycles. The molecule has 1 N–H and O–H groups in total. The fourth-order valence-corrected chi connectivity index (χ4v) is 4.60. The second-order valence-corrected chi connectivity index (χ2v) is 8.92. The van der Waals surface area contributed by atoms with Crippen LogP contribution >= 0.6 is 34.4 Å². The maximum Gasteiger partial charge on any atom is 0.264 e. The van der Waals surface area contributed by atoms with Crippen LogP contribution in [0.4, 0.5) is 10.1 Å². The van der Waals surface area contributed by atoms with Crippen molar-refractivity contribution in [3.05, 3.63) is 92.1 Å². The molecule has 0 radical (unpaired) electrons. The number of amidine groups is 1. The number of hydrogen-bond acceptors (Lipinski definition) is 5. The number of carbonyl (C=O) groups excluding carboxylic acids is 1. The van der Waals surface area contributed by atoms with E-state index in [2.05, 4.69) is 32.9 Å². The molecule has 1 aliphatic heterocycles. The van der Waals surface area contributed by atoms with Crippen LogP contribution in [0, 0.1) is 9.39 Å². The minimum atomic E-state index is -0.319. The molecule has 0 aliphatic carbocycles. The van der Waals surface area contributed by atoms with Crippen LogP contribution in [0.2, 0.25) is 0 Å². The number of benzene rings is 3. The van der Waals surface area contributed by atoms with E-state index in [-0.39, 0.29) is 18.3 Å². The first kappa shape index (κ1) is 22.3. The Bertz CT molecular complexity index is 1220. The number of hydrogen-bond donors (Lipinski definition) is 1. The highest BCUT2D eigenvalue weighted by Crippen LogP contribution is 2.36. The van der Waals surface area contributed by atoms with E-state index in [1.54, 1.807) is 37.5 Å². The maximum absolute atomic E-state index is 13.9. The van der Waals surface area contributed by atoms with Crippen molar-refractivity contribution in [3.63, 3.8) is 0 Å². The smallest absolute Gasteiger partial charge is 0.264 e. The van der Waals surface area contributed by atoms with Gasteiger partial charge < -0.3 is 14.8 Å². The number of thioether (sulfide) groups is 1. The molecule has 0 bridgehead atoms. The Morgan fingerprint density at radius 1 is 1.12 bits per heavy atom. The second-order valence-electron chi connectivity index (χ2n) is 6.73. The molecule has 0 aromatic heterocycles. The monoisotopic (exact) mass is 560 g/mol. The zero-order valence-corrected chi connectivity index (χ0v) is 19.9. The van der Waals surface area contributed by atoms with Gasteiger partial charge in [-0.15, -0.1) is 0 Å². The zero-order valence-electron chi connectivity index (χ0n) is 17.0. The number of para-hydroxylation sites is 1.